The summed E-state index contributed by atoms with van der Waals surface area (Å²) >= 11 is 0. The Balaban J connectivity index is 2.60. The fourth-order valence-electron chi connectivity index (χ4n) is 2.37. The Kier molecular flexibility index (Phi) is 9.07. The van der Waals surface area contributed by atoms with Crippen LogP contribution in [0.5, 0.6) is 0 Å². The van der Waals surface area contributed by atoms with Gasteiger partial charge in [-0.2, -0.15) is 4.31 Å². The smallest absolute Gasteiger partial charge is 0.251 e. The highest BCUT2D eigenvalue weighted by Crippen LogP contribution is 2.16. The van der Waals surface area contributed by atoms with Crippen LogP contribution in [0, 0.1) is 0 Å². The lowest BCUT2D eigenvalue weighted by Gasteiger charge is -2.18. The summed E-state index contributed by atoms with van der Waals surface area (Å²) in [5.74, 6) is -1.35. The normalized spacial score (nSPS) is 11.4. The van der Waals surface area contributed by atoms with Gasteiger partial charge in [-0.1, -0.05) is 13.8 Å². The molecule has 0 fully saturated rings. The van der Waals surface area contributed by atoms with Crippen molar-refractivity contribution in [3.8, 4) is 0 Å². The van der Waals surface area contributed by atoms with Crippen LogP contribution in [0.15, 0.2) is 29.2 Å². The first-order chi connectivity index (χ1) is 13.1. The third kappa shape index (κ3) is 6.93. The van der Waals surface area contributed by atoms with E-state index < -0.39 is 21.8 Å². The van der Waals surface area contributed by atoms with Crippen molar-refractivity contribution in [1.82, 2.24) is 20.3 Å². The molecule has 0 atom stereocenters. The molecule has 0 aliphatic carbocycles. The average Bonchev–Trinajstić information content (AvgIpc) is 2.64. The third-order valence-electron chi connectivity index (χ3n) is 3.76. The molecule has 0 unspecified atom stereocenters. The summed E-state index contributed by atoms with van der Waals surface area (Å²) in [6, 6.07) is 5.47. The minimum Gasteiger partial charge on any atom is -0.352 e. The van der Waals surface area contributed by atoms with Crippen molar-refractivity contribution >= 4 is 27.7 Å². The van der Waals surface area contributed by atoms with Crippen LogP contribution in [0.4, 0.5) is 0 Å². The van der Waals surface area contributed by atoms with Gasteiger partial charge in [0.25, 0.3) is 5.91 Å². The standard InChI is InChI=1S/C18H28N4O5S/c1-5-22(6-2)28(26,27)15-9-7-14(8-10-15)18(25)20-11-16(23)19-12-17(24)21-13(3)4/h7-10,13H,5-6,11-12H2,1-4H3,(H,19,23)(H,20,25)(H,21,24). The molecule has 1 aromatic carbocycles. The summed E-state index contributed by atoms with van der Waals surface area (Å²) in [4.78, 5) is 35.4. The lowest BCUT2D eigenvalue weighted by Crippen LogP contribution is -2.43. The van der Waals surface area contributed by atoms with E-state index in [0.29, 0.717) is 13.1 Å². The summed E-state index contributed by atoms with van der Waals surface area (Å²) < 4.78 is 26.2. The van der Waals surface area contributed by atoms with Crippen LogP contribution in [0.1, 0.15) is 38.1 Å². The van der Waals surface area contributed by atoms with Crippen molar-refractivity contribution in [2.24, 2.45) is 0 Å². The zero-order chi connectivity index (χ0) is 21.3. The van der Waals surface area contributed by atoms with Crippen LogP contribution in [-0.4, -0.2) is 62.7 Å². The molecule has 0 bridgehead atoms. The molecule has 1 rings (SSSR count). The highest BCUT2D eigenvalue weighted by atomic mass is 32.2. The second-order valence-electron chi connectivity index (χ2n) is 6.30. The van der Waals surface area contributed by atoms with Gasteiger partial charge in [-0.25, -0.2) is 8.42 Å². The van der Waals surface area contributed by atoms with Gasteiger partial charge in [0.1, 0.15) is 0 Å². The summed E-state index contributed by atoms with van der Waals surface area (Å²) in [7, 11) is -3.59. The van der Waals surface area contributed by atoms with Crippen molar-refractivity contribution in [3.05, 3.63) is 29.8 Å². The molecule has 3 N–H and O–H groups in total. The Hall–Kier alpha value is -2.46. The maximum atomic E-state index is 12.4. The van der Waals surface area contributed by atoms with Gasteiger partial charge < -0.3 is 16.0 Å². The third-order valence-corrected chi connectivity index (χ3v) is 5.83. The van der Waals surface area contributed by atoms with Crippen LogP contribution in [-0.2, 0) is 19.6 Å². The molecule has 1 aromatic rings. The van der Waals surface area contributed by atoms with E-state index in [2.05, 4.69) is 16.0 Å². The number of hydrogen-bond acceptors (Lipinski definition) is 5. The summed E-state index contributed by atoms with van der Waals surface area (Å²) in [5.41, 5.74) is 0.226. The Labute approximate surface area is 165 Å². The van der Waals surface area contributed by atoms with E-state index >= 15 is 0 Å². The zero-order valence-electron chi connectivity index (χ0n) is 16.6. The Morgan fingerprint density at radius 1 is 0.929 bits per heavy atom. The van der Waals surface area contributed by atoms with Crippen LogP contribution in [0.2, 0.25) is 0 Å². The SMILES string of the molecule is CCN(CC)S(=O)(=O)c1ccc(C(=O)NCC(=O)NCC(=O)NC(C)C)cc1. The number of rotatable bonds is 10. The van der Waals surface area contributed by atoms with Gasteiger partial charge in [0.2, 0.25) is 21.8 Å². The zero-order valence-corrected chi connectivity index (χ0v) is 17.4. The monoisotopic (exact) mass is 412 g/mol. The van der Waals surface area contributed by atoms with Gasteiger partial charge in [0.15, 0.2) is 0 Å². The molecule has 10 heteroatoms. The number of hydrogen-bond donors (Lipinski definition) is 3. The maximum Gasteiger partial charge on any atom is 0.251 e. The fourth-order valence-corrected chi connectivity index (χ4v) is 3.83. The minimum atomic E-state index is -3.59. The Morgan fingerprint density at radius 3 is 1.96 bits per heavy atom. The molecule has 9 nitrogen and oxygen atoms in total. The summed E-state index contributed by atoms with van der Waals surface area (Å²) in [6.07, 6.45) is 0. The molecule has 0 aliphatic rings. The number of nitrogens with zero attached hydrogens (tertiary/aromatic N) is 1. The summed E-state index contributed by atoms with van der Waals surface area (Å²) in [6.45, 7) is 7.34. The molecule has 0 heterocycles. The lowest BCUT2D eigenvalue weighted by atomic mass is 10.2. The van der Waals surface area contributed by atoms with Gasteiger partial charge in [-0.3, -0.25) is 14.4 Å². The van der Waals surface area contributed by atoms with Crippen molar-refractivity contribution in [3.63, 3.8) is 0 Å². The molecule has 28 heavy (non-hydrogen) atoms. The van der Waals surface area contributed by atoms with Crippen molar-refractivity contribution in [2.45, 2.75) is 38.6 Å². The molecule has 0 radical (unpaired) electrons. The van der Waals surface area contributed by atoms with E-state index in [-0.39, 0.29) is 35.5 Å². The van der Waals surface area contributed by atoms with E-state index in [9.17, 15) is 22.8 Å². The molecule has 3 amide bonds. The Morgan fingerprint density at radius 2 is 1.46 bits per heavy atom. The number of nitrogens with one attached hydrogen (secondary N) is 3. The van der Waals surface area contributed by atoms with Crippen molar-refractivity contribution in [2.75, 3.05) is 26.2 Å². The molecule has 0 saturated carbocycles. The predicted molar refractivity (Wildman–Crippen MR) is 105 cm³/mol. The molecule has 0 aromatic heterocycles. The minimum absolute atomic E-state index is 0.0300. The van der Waals surface area contributed by atoms with Gasteiger partial charge in [-0.05, 0) is 38.1 Å². The average molecular weight is 413 g/mol. The molecular weight excluding hydrogens is 384 g/mol. The highest BCUT2D eigenvalue weighted by molar-refractivity contribution is 7.89. The van der Waals surface area contributed by atoms with Gasteiger partial charge >= 0.3 is 0 Å². The van der Waals surface area contributed by atoms with Gasteiger partial charge in [-0.15, -0.1) is 0 Å². The molecule has 0 spiro atoms. The topological polar surface area (TPSA) is 125 Å². The predicted octanol–water partition coefficient (Wildman–Crippen LogP) is 0.0877. The fraction of sp³-hybridized carbons (Fsp3) is 0.500. The molecular formula is C18H28N4O5S. The van der Waals surface area contributed by atoms with E-state index in [4.69, 9.17) is 0 Å². The van der Waals surface area contributed by atoms with Gasteiger partial charge in [0.05, 0.1) is 18.0 Å². The van der Waals surface area contributed by atoms with Crippen LogP contribution < -0.4 is 16.0 Å². The van der Waals surface area contributed by atoms with Crippen molar-refractivity contribution < 1.29 is 22.8 Å². The van der Waals surface area contributed by atoms with Crippen LogP contribution >= 0.6 is 0 Å². The lowest BCUT2D eigenvalue weighted by molar-refractivity contribution is -0.125. The van der Waals surface area contributed by atoms with E-state index in [1.54, 1.807) is 27.7 Å². The van der Waals surface area contributed by atoms with Crippen LogP contribution in [0.3, 0.4) is 0 Å². The number of carbonyl (C=O) groups is 3. The number of carbonyl (C=O) groups excluding carboxylic acids is 3. The Bertz CT molecular complexity index is 787. The van der Waals surface area contributed by atoms with Crippen molar-refractivity contribution in [1.29, 1.82) is 0 Å². The molecule has 0 aliphatic heterocycles. The number of benzene rings is 1. The van der Waals surface area contributed by atoms with Crippen LogP contribution in [0.25, 0.3) is 0 Å². The van der Waals surface area contributed by atoms with E-state index in [0.717, 1.165) is 0 Å². The first-order valence-corrected chi connectivity index (χ1v) is 10.5. The van der Waals surface area contributed by atoms with Gasteiger partial charge in [0, 0.05) is 24.7 Å². The highest BCUT2D eigenvalue weighted by Gasteiger charge is 2.21. The summed E-state index contributed by atoms with van der Waals surface area (Å²) in [5, 5.41) is 7.45. The molecule has 156 valence electrons. The largest absolute Gasteiger partial charge is 0.352 e. The first-order valence-electron chi connectivity index (χ1n) is 9.06. The second kappa shape index (κ2) is 10.8. The molecule has 0 saturated heterocycles. The maximum absolute atomic E-state index is 12.4. The first kappa shape index (κ1) is 23.6. The van der Waals surface area contributed by atoms with E-state index in [1.807, 2.05) is 0 Å². The number of amides is 3. The number of sulfonamides is 1. The van der Waals surface area contributed by atoms with E-state index in [1.165, 1.54) is 28.6 Å². The quantitative estimate of drug-likeness (QED) is 0.502. The second-order valence-corrected chi connectivity index (χ2v) is 8.23.